The van der Waals surface area contributed by atoms with Crippen LogP contribution < -0.4 is 11.1 Å². The molecule has 2 atom stereocenters. The van der Waals surface area contributed by atoms with E-state index in [2.05, 4.69) is 16.3 Å². The summed E-state index contributed by atoms with van der Waals surface area (Å²) >= 11 is 1.67. The number of aryl methyl sites for hydroxylation is 1. The van der Waals surface area contributed by atoms with Crippen molar-refractivity contribution in [1.29, 1.82) is 0 Å². The maximum absolute atomic E-state index is 13.5. The number of hydrogen-bond acceptors (Lipinski definition) is 7. The second kappa shape index (κ2) is 12.8. The van der Waals surface area contributed by atoms with E-state index in [0.29, 0.717) is 51.1 Å². The van der Waals surface area contributed by atoms with Gasteiger partial charge in [-0.05, 0) is 48.9 Å². The summed E-state index contributed by atoms with van der Waals surface area (Å²) in [5.74, 6) is -0.358. The van der Waals surface area contributed by atoms with E-state index in [1.165, 1.54) is 17.0 Å². The Kier molecular flexibility index (Phi) is 9.22. The Morgan fingerprint density at radius 3 is 2.50 bits per heavy atom. The molecule has 1 unspecified atom stereocenters. The molecule has 3 N–H and O–H groups in total. The van der Waals surface area contributed by atoms with Crippen molar-refractivity contribution in [2.45, 2.75) is 44.9 Å². The molecular weight excluding hydrogens is 502 g/mol. The number of piperidine rings is 1. The van der Waals surface area contributed by atoms with Gasteiger partial charge in [-0.3, -0.25) is 24.6 Å². The average molecular weight is 536 g/mol. The number of nitro groups is 1. The zero-order chi connectivity index (χ0) is 27.1. The molecule has 1 saturated heterocycles. The summed E-state index contributed by atoms with van der Waals surface area (Å²) in [6, 6.07) is 17.5. The molecule has 0 radical (unpaired) electrons. The largest absolute Gasteiger partial charge is 0.353 e. The SMILES string of the molecule is Cc1ccc(C(=O)N2CCC(N(Cc3ccc([N+](=O)[O-])cc3)Cc3cccs3)C[C@@H]2C(=O)NCCN)cc1. The molecule has 0 aliphatic carbocycles. The minimum atomic E-state index is -0.628. The van der Waals surface area contributed by atoms with Crippen LogP contribution in [0.2, 0.25) is 0 Å². The van der Waals surface area contributed by atoms with Gasteiger partial charge in [-0.15, -0.1) is 11.3 Å². The molecule has 2 heterocycles. The normalized spacial score (nSPS) is 17.4. The van der Waals surface area contributed by atoms with Crippen molar-refractivity contribution in [2.24, 2.45) is 5.73 Å². The molecule has 3 aromatic rings. The van der Waals surface area contributed by atoms with E-state index >= 15 is 0 Å². The van der Waals surface area contributed by atoms with Crippen LogP contribution in [0.3, 0.4) is 0 Å². The first-order chi connectivity index (χ1) is 18.4. The van der Waals surface area contributed by atoms with Gasteiger partial charge in [-0.2, -0.15) is 0 Å². The number of likely N-dealkylation sites (tertiary alicyclic amines) is 1. The smallest absolute Gasteiger partial charge is 0.269 e. The molecular formula is C28H33N5O4S. The average Bonchev–Trinajstić information content (AvgIpc) is 3.44. The summed E-state index contributed by atoms with van der Waals surface area (Å²) < 4.78 is 0. The topological polar surface area (TPSA) is 122 Å². The van der Waals surface area contributed by atoms with E-state index in [1.54, 1.807) is 40.5 Å². The van der Waals surface area contributed by atoms with Crippen LogP contribution in [0.5, 0.6) is 0 Å². The Bertz CT molecular complexity index is 1230. The van der Waals surface area contributed by atoms with Crippen molar-refractivity contribution in [1.82, 2.24) is 15.1 Å². The summed E-state index contributed by atoms with van der Waals surface area (Å²) in [7, 11) is 0. The van der Waals surface area contributed by atoms with E-state index < -0.39 is 11.0 Å². The Hall–Kier alpha value is -3.60. The molecule has 1 aromatic heterocycles. The summed E-state index contributed by atoms with van der Waals surface area (Å²) in [6.45, 7) is 4.33. The third-order valence-corrected chi connectivity index (χ3v) is 7.73. The minimum absolute atomic E-state index is 0.0305. The predicted molar refractivity (Wildman–Crippen MR) is 148 cm³/mol. The highest BCUT2D eigenvalue weighted by molar-refractivity contribution is 7.09. The van der Waals surface area contributed by atoms with E-state index in [9.17, 15) is 19.7 Å². The number of hydrogen-bond donors (Lipinski definition) is 2. The van der Waals surface area contributed by atoms with Crippen LogP contribution in [-0.4, -0.2) is 58.3 Å². The molecule has 2 aromatic carbocycles. The number of rotatable bonds is 10. The number of benzene rings is 2. The highest BCUT2D eigenvalue weighted by Crippen LogP contribution is 2.28. The number of carbonyl (C=O) groups is 2. The lowest BCUT2D eigenvalue weighted by Crippen LogP contribution is -2.57. The Balaban J connectivity index is 1.57. The molecule has 2 amide bonds. The number of thiophene rings is 1. The van der Waals surface area contributed by atoms with Gasteiger partial charge in [0.1, 0.15) is 6.04 Å². The van der Waals surface area contributed by atoms with Crippen LogP contribution in [0.4, 0.5) is 5.69 Å². The lowest BCUT2D eigenvalue weighted by atomic mass is 9.93. The van der Waals surface area contributed by atoms with Gasteiger partial charge in [0, 0.05) is 61.3 Å². The van der Waals surface area contributed by atoms with Crippen LogP contribution in [0, 0.1) is 17.0 Å². The molecule has 1 aliphatic rings. The standard InChI is InChI=1S/C28H33N5O4S/c1-20-4-8-22(9-5-20)28(35)32-15-12-24(17-26(32)27(34)30-14-13-29)31(19-25-3-2-16-38-25)18-21-6-10-23(11-7-21)33(36)37/h2-11,16,24,26H,12-15,17-19,29H2,1H3,(H,30,34)/t24?,26-/m1/s1. The first-order valence-electron chi connectivity index (χ1n) is 12.7. The first-order valence-corrected chi connectivity index (χ1v) is 13.6. The monoisotopic (exact) mass is 535 g/mol. The summed E-state index contributed by atoms with van der Waals surface area (Å²) in [6.07, 6.45) is 1.18. The fourth-order valence-electron chi connectivity index (χ4n) is 4.82. The number of carbonyl (C=O) groups excluding carboxylic acids is 2. The molecule has 0 saturated carbocycles. The van der Waals surface area contributed by atoms with Crippen molar-refractivity contribution in [3.05, 3.63) is 97.7 Å². The summed E-state index contributed by atoms with van der Waals surface area (Å²) in [4.78, 5) is 42.6. The predicted octanol–water partition coefficient (Wildman–Crippen LogP) is 3.72. The molecule has 0 spiro atoms. The van der Waals surface area contributed by atoms with E-state index in [1.807, 2.05) is 30.5 Å². The van der Waals surface area contributed by atoms with Gasteiger partial charge in [0.25, 0.3) is 11.6 Å². The third-order valence-electron chi connectivity index (χ3n) is 6.87. The van der Waals surface area contributed by atoms with Gasteiger partial charge < -0.3 is 16.0 Å². The van der Waals surface area contributed by atoms with Gasteiger partial charge in [0.2, 0.25) is 5.91 Å². The number of nitrogens with zero attached hydrogens (tertiary/aromatic N) is 3. The van der Waals surface area contributed by atoms with Crippen molar-refractivity contribution in [2.75, 3.05) is 19.6 Å². The Labute approximate surface area is 226 Å². The lowest BCUT2D eigenvalue weighted by molar-refractivity contribution is -0.384. The summed E-state index contributed by atoms with van der Waals surface area (Å²) in [5.41, 5.74) is 8.26. The fraction of sp³-hybridized carbons (Fsp3) is 0.357. The highest BCUT2D eigenvalue weighted by atomic mass is 32.1. The van der Waals surface area contributed by atoms with Crippen LogP contribution in [-0.2, 0) is 17.9 Å². The van der Waals surface area contributed by atoms with Crippen LogP contribution in [0.25, 0.3) is 0 Å². The maximum Gasteiger partial charge on any atom is 0.269 e. The van der Waals surface area contributed by atoms with Gasteiger partial charge in [0.15, 0.2) is 0 Å². The number of amides is 2. The van der Waals surface area contributed by atoms with E-state index in [4.69, 9.17) is 5.73 Å². The van der Waals surface area contributed by atoms with E-state index in [0.717, 1.165) is 11.1 Å². The molecule has 200 valence electrons. The molecule has 9 nitrogen and oxygen atoms in total. The maximum atomic E-state index is 13.5. The van der Waals surface area contributed by atoms with Crippen molar-refractivity contribution in [3.8, 4) is 0 Å². The van der Waals surface area contributed by atoms with Gasteiger partial charge in [0.05, 0.1) is 4.92 Å². The van der Waals surface area contributed by atoms with Crippen molar-refractivity contribution < 1.29 is 14.5 Å². The quantitative estimate of drug-likeness (QED) is 0.301. The fourth-order valence-corrected chi connectivity index (χ4v) is 5.55. The number of nitro benzene ring substituents is 1. The lowest BCUT2D eigenvalue weighted by Gasteiger charge is -2.43. The minimum Gasteiger partial charge on any atom is -0.353 e. The van der Waals surface area contributed by atoms with Crippen molar-refractivity contribution >= 4 is 28.8 Å². The van der Waals surface area contributed by atoms with Gasteiger partial charge in [-0.25, -0.2) is 0 Å². The second-order valence-electron chi connectivity index (χ2n) is 9.55. The Morgan fingerprint density at radius 1 is 1.13 bits per heavy atom. The summed E-state index contributed by atoms with van der Waals surface area (Å²) in [5, 5.41) is 16.0. The van der Waals surface area contributed by atoms with Gasteiger partial charge in [-0.1, -0.05) is 35.9 Å². The molecule has 38 heavy (non-hydrogen) atoms. The molecule has 4 rings (SSSR count). The van der Waals surface area contributed by atoms with Crippen LogP contribution in [0.1, 0.15) is 39.2 Å². The number of nitrogens with one attached hydrogen (secondary N) is 1. The van der Waals surface area contributed by atoms with Crippen LogP contribution >= 0.6 is 11.3 Å². The zero-order valence-corrected chi connectivity index (χ0v) is 22.2. The molecule has 1 aliphatic heterocycles. The van der Waals surface area contributed by atoms with Gasteiger partial charge >= 0.3 is 0 Å². The number of nitrogens with two attached hydrogens (primary N) is 1. The van der Waals surface area contributed by atoms with Crippen molar-refractivity contribution in [3.63, 3.8) is 0 Å². The molecule has 10 heteroatoms. The highest BCUT2D eigenvalue weighted by Gasteiger charge is 2.38. The first kappa shape index (κ1) is 27.4. The molecule has 1 fully saturated rings. The van der Waals surface area contributed by atoms with E-state index in [-0.39, 0.29) is 23.5 Å². The molecule has 0 bridgehead atoms. The third kappa shape index (κ3) is 6.83. The Morgan fingerprint density at radius 2 is 1.87 bits per heavy atom. The second-order valence-corrected chi connectivity index (χ2v) is 10.6. The zero-order valence-electron chi connectivity index (χ0n) is 21.4. The number of non-ortho nitro benzene ring substituents is 1. The van der Waals surface area contributed by atoms with Crippen LogP contribution in [0.15, 0.2) is 66.0 Å².